The van der Waals surface area contributed by atoms with Gasteiger partial charge in [0.15, 0.2) is 0 Å². The summed E-state index contributed by atoms with van der Waals surface area (Å²) in [6, 6.07) is 5.32. The first-order valence-corrected chi connectivity index (χ1v) is 6.52. The lowest BCUT2D eigenvalue weighted by Crippen LogP contribution is -1.99. The van der Waals surface area contributed by atoms with Gasteiger partial charge in [0.1, 0.15) is 11.6 Å². The van der Waals surface area contributed by atoms with Crippen LogP contribution in [0.25, 0.3) is 5.65 Å². The second kappa shape index (κ2) is 4.71. The van der Waals surface area contributed by atoms with Gasteiger partial charge in [0, 0.05) is 16.9 Å². The number of ether oxygens (including phenoxy) is 1. The highest BCUT2D eigenvalue weighted by Gasteiger charge is 2.11. The molecule has 0 amide bonds. The molecule has 0 bridgehead atoms. The van der Waals surface area contributed by atoms with E-state index in [1.807, 2.05) is 6.07 Å². The third-order valence-corrected chi connectivity index (χ3v) is 3.27. The lowest BCUT2D eigenvalue weighted by molar-refractivity contribution is 0.466. The zero-order valence-electron chi connectivity index (χ0n) is 9.55. The van der Waals surface area contributed by atoms with E-state index in [0.29, 0.717) is 28.1 Å². The Morgan fingerprint density at radius 1 is 1.37 bits per heavy atom. The molecule has 7 heteroatoms. The molecule has 0 spiro atoms. The fourth-order valence-electron chi connectivity index (χ4n) is 1.65. The molecule has 0 aliphatic carbocycles. The molecule has 0 saturated heterocycles. The molecule has 3 rings (SSSR count). The van der Waals surface area contributed by atoms with Crippen molar-refractivity contribution in [3.63, 3.8) is 0 Å². The predicted molar refractivity (Wildman–Crippen MR) is 76.6 cm³/mol. The molecule has 0 radical (unpaired) electrons. The molecule has 0 fully saturated rings. The smallest absolute Gasteiger partial charge is 0.265 e. The van der Waals surface area contributed by atoms with E-state index in [0.717, 1.165) is 4.47 Å². The summed E-state index contributed by atoms with van der Waals surface area (Å²) in [6.07, 6.45) is 5.08. The summed E-state index contributed by atoms with van der Waals surface area (Å²) in [5, 5.41) is 0.483. The maximum absolute atomic E-state index is 6.08. The number of benzene rings is 1. The molecule has 1 aromatic carbocycles. The summed E-state index contributed by atoms with van der Waals surface area (Å²) in [4.78, 5) is 8.31. The summed E-state index contributed by atoms with van der Waals surface area (Å²) >= 11 is 9.44. The van der Waals surface area contributed by atoms with E-state index in [4.69, 9.17) is 22.1 Å². The van der Waals surface area contributed by atoms with Crippen LogP contribution in [0.4, 0.5) is 5.82 Å². The van der Waals surface area contributed by atoms with Gasteiger partial charge < -0.3 is 10.5 Å². The third-order valence-electron chi connectivity index (χ3n) is 2.46. The summed E-state index contributed by atoms with van der Waals surface area (Å²) < 4.78 is 8.30. The van der Waals surface area contributed by atoms with E-state index in [1.165, 1.54) is 0 Å². The largest absolute Gasteiger partial charge is 0.434 e. The Morgan fingerprint density at radius 2 is 2.21 bits per heavy atom. The molecule has 2 heterocycles. The van der Waals surface area contributed by atoms with Crippen molar-refractivity contribution in [2.24, 2.45) is 0 Å². The van der Waals surface area contributed by atoms with Gasteiger partial charge in [0.25, 0.3) is 5.88 Å². The molecule has 3 aromatic rings. The summed E-state index contributed by atoms with van der Waals surface area (Å²) in [7, 11) is 0. The molecule has 0 atom stereocenters. The van der Waals surface area contributed by atoms with E-state index >= 15 is 0 Å². The van der Waals surface area contributed by atoms with Crippen molar-refractivity contribution in [3.8, 4) is 11.6 Å². The Hall–Kier alpha value is -1.79. The SMILES string of the molecule is Nc1cn2ccnc2c(Oc2cc(Br)ccc2Cl)n1. The number of hydrogen-bond acceptors (Lipinski definition) is 4. The van der Waals surface area contributed by atoms with Gasteiger partial charge in [-0.25, -0.2) is 4.98 Å². The lowest BCUT2D eigenvalue weighted by atomic mass is 10.3. The number of nitrogen functional groups attached to an aromatic ring is 1. The van der Waals surface area contributed by atoms with Crippen molar-refractivity contribution >= 4 is 39.0 Å². The first kappa shape index (κ1) is 12.3. The van der Waals surface area contributed by atoms with Crippen LogP contribution in [0.15, 0.2) is 41.3 Å². The monoisotopic (exact) mass is 338 g/mol. The molecule has 2 N–H and O–H groups in total. The molecule has 0 aliphatic rings. The maximum Gasteiger partial charge on any atom is 0.265 e. The van der Waals surface area contributed by atoms with Crippen LogP contribution in [-0.2, 0) is 0 Å². The van der Waals surface area contributed by atoms with Crippen molar-refractivity contribution in [1.82, 2.24) is 14.4 Å². The minimum absolute atomic E-state index is 0.310. The standard InChI is InChI=1S/C12H8BrClN4O/c13-7-1-2-8(14)9(5-7)19-12-11-16-3-4-18(11)6-10(15)17-12/h1-6H,15H2. The van der Waals surface area contributed by atoms with Gasteiger partial charge in [0.05, 0.1) is 11.2 Å². The highest BCUT2D eigenvalue weighted by atomic mass is 79.9. The number of hydrogen-bond donors (Lipinski definition) is 1. The summed E-state index contributed by atoms with van der Waals surface area (Å²) in [6.45, 7) is 0. The number of halogens is 2. The number of anilines is 1. The number of nitrogens with zero attached hydrogens (tertiary/aromatic N) is 3. The average Bonchev–Trinajstić information content (AvgIpc) is 2.82. The van der Waals surface area contributed by atoms with Gasteiger partial charge in [-0.1, -0.05) is 27.5 Å². The number of rotatable bonds is 2. The molecular weight excluding hydrogens is 332 g/mol. The van der Waals surface area contributed by atoms with Crippen LogP contribution in [0, 0.1) is 0 Å². The van der Waals surface area contributed by atoms with Gasteiger partial charge in [0.2, 0.25) is 5.65 Å². The third kappa shape index (κ3) is 2.36. The van der Waals surface area contributed by atoms with Crippen LogP contribution < -0.4 is 10.5 Å². The molecule has 5 nitrogen and oxygen atoms in total. The Bertz CT molecular complexity index is 759. The summed E-state index contributed by atoms with van der Waals surface area (Å²) in [5.74, 6) is 1.13. The number of nitrogens with two attached hydrogens (primary N) is 1. The van der Waals surface area contributed by atoms with Gasteiger partial charge in [-0.2, -0.15) is 4.98 Å². The molecule has 2 aromatic heterocycles. The Labute approximate surface area is 122 Å². The zero-order chi connectivity index (χ0) is 13.4. The van der Waals surface area contributed by atoms with E-state index < -0.39 is 0 Å². The van der Waals surface area contributed by atoms with Crippen molar-refractivity contribution < 1.29 is 4.74 Å². The fraction of sp³-hybridized carbons (Fsp3) is 0. The van der Waals surface area contributed by atoms with Crippen LogP contribution >= 0.6 is 27.5 Å². The molecule has 0 saturated carbocycles. The van der Waals surface area contributed by atoms with E-state index in [2.05, 4.69) is 25.9 Å². The van der Waals surface area contributed by atoms with Crippen molar-refractivity contribution in [2.45, 2.75) is 0 Å². The lowest BCUT2D eigenvalue weighted by Gasteiger charge is -2.08. The normalized spacial score (nSPS) is 10.8. The first-order valence-electron chi connectivity index (χ1n) is 5.35. The highest BCUT2D eigenvalue weighted by Crippen LogP contribution is 2.32. The zero-order valence-corrected chi connectivity index (χ0v) is 11.9. The van der Waals surface area contributed by atoms with E-state index in [9.17, 15) is 0 Å². The van der Waals surface area contributed by atoms with Crippen LogP contribution in [0.5, 0.6) is 11.6 Å². The van der Waals surface area contributed by atoms with Crippen LogP contribution in [0.3, 0.4) is 0 Å². The van der Waals surface area contributed by atoms with Crippen LogP contribution in [-0.4, -0.2) is 14.4 Å². The second-order valence-electron chi connectivity index (χ2n) is 3.81. The second-order valence-corrected chi connectivity index (χ2v) is 5.13. The number of imidazole rings is 1. The summed E-state index contributed by atoms with van der Waals surface area (Å²) in [5.41, 5.74) is 6.30. The molecule has 0 unspecified atom stereocenters. The van der Waals surface area contributed by atoms with Crippen molar-refractivity contribution in [1.29, 1.82) is 0 Å². The van der Waals surface area contributed by atoms with Crippen molar-refractivity contribution in [3.05, 3.63) is 46.3 Å². The molecule has 96 valence electrons. The molecular formula is C12H8BrClN4O. The average molecular weight is 340 g/mol. The Balaban J connectivity index is 2.10. The minimum Gasteiger partial charge on any atom is -0.434 e. The number of aromatic nitrogens is 3. The maximum atomic E-state index is 6.08. The van der Waals surface area contributed by atoms with E-state index in [1.54, 1.807) is 35.1 Å². The Morgan fingerprint density at radius 3 is 3.05 bits per heavy atom. The first-order chi connectivity index (χ1) is 9.13. The van der Waals surface area contributed by atoms with Crippen LogP contribution in [0.2, 0.25) is 5.02 Å². The number of fused-ring (bicyclic) bond motifs is 1. The quantitative estimate of drug-likeness (QED) is 0.776. The van der Waals surface area contributed by atoms with Gasteiger partial charge in [-0.05, 0) is 18.2 Å². The minimum atomic E-state index is 0.310. The fourth-order valence-corrected chi connectivity index (χ4v) is 2.15. The van der Waals surface area contributed by atoms with Gasteiger partial charge in [-0.3, -0.25) is 4.40 Å². The predicted octanol–water partition coefficient (Wildman–Crippen LogP) is 3.52. The Kier molecular flexibility index (Phi) is 3.04. The van der Waals surface area contributed by atoms with Crippen molar-refractivity contribution in [2.75, 3.05) is 5.73 Å². The molecule has 0 aliphatic heterocycles. The topological polar surface area (TPSA) is 65.4 Å². The van der Waals surface area contributed by atoms with E-state index in [-0.39, 0.29) is 0 Å². The molecule has 19 heavy (non-hydrogen) atoms. The van der Waals surface area contributed by atoms with Gasteiger partial charge in [-0.15, -0.1) is 0 Å². The van der Waals surface area contributed by atoms with Crippen LogP contribution in [0.1, 0.15) is 0 Å². The van der Waals surface area contributed by atoms with Gasteiger partial charge >= 0.3 is 0 Å². The highest BCUT2D eigenvalue weighted by molar-refractivity contribution is 9.10.